The molecule has 0 amide bonds. The second kappa shape index (κ2) is 7.01. The standard InChI is InChI=1S/C11H14BrN3O4S.ClH/c12-8-3-4-11(10(6-8)15(16)17)20(18,19)14-5-1-2-9(14)7-13;/h3-4,6,9H,1-2,5,7,13H2;1H. The van der Waals surface area contributed by atoms with Crippen LogP contribution in [-0.2, 0) is 10.0 Å². The number of sulfonamides is 1. The van der Waals surface area contributed by atoms with Gasteiger partial charge in [-0.1, -0.05) is 15.9 Å². The smallest absolute Gasteiger partial charge is 0.290 e. The lowest BCUT2D eigenvalue weighted by Crippen LogP contribution is -2.40. The van der Waals surface area contributed by atoms with E-state index in [1.54, 1.807) is 0 Å². The zero-order valence-corrected chi connectivity index (χ0v) is 14.2. The topological polar surface area (TPSA) is 107 Å². The van der Waals surface area contributed by atoms with E-state index >= 15 is 0 Å². The summed E-state index contributed by atoms with van der Waals surface area (Å²) in [6, 6.07) is 3.64. The van der Waals surface area contributed by atoms with Crippen LogP contribution in [0.25, 0.3) is 0 Å². The average Bonchev–Trinajstić information content (AvgIpc) is 2.87. The molecule has 1 fully saturated rings. The van der Waals surface area contributed by atoms with Crippen LogP contribution in [0.15, 0.2) is 27.6 Å². The van der Waals surface area contributed by atoms with Crippen molar-refractivity contribution in [2.75, 3.05) is 13.1 Å². The maximum Gasteiger partial charge on any atom is 0.290 e. The van der Waals surface area contributed by atoms with E-state index in [-0.39, 0.29) is 29.9 Å². The quantitative estimate of drug-likeness (QED) is 0.613. The van der Waals surface area contributed by atoms with Crippen LogP contribution in [0.3, 0.4) is 0 Å². The van der Waals surface area contributed by atoms with Gasteiger partial charge in [0.2, 0.25) is 10.0 Å². The van der Waals surface area contributed by atoms with E-state index in [9.17, 15) is 18.5 Å². The van der Waals surface area contributed by atoms with Gasteiger partial charge in [-0.05, 0) is 25.0 Å². The first-order chi connectivity index (χ1) is 9.37. The monoisotopic (exact) mass is 399 g/mol. The maximum atomic E-state index is 12.6. The predicted molar refractivity (Wildman–Crippen MR) is 84.0 cm³/mol. The highest BCUT2D eigenvalue weighted by atomic mass is 79.9. The molecule has 118 valence electrons. The summed E-state index contributed by atoms with van der Waals surface area (Å²) in [4.78, 5) is 10.1. The van der Waals surface area contributed by atoms with Gasteiger partial charge in [-0.3, -0.25) is 10.1 Å². The molecule has 1 aromatic rings. The van der Waals surface area contributed by atoms with Crippen molar-refractivity contribution in [3.63, 3.8) is 0 Å². The first-order valence-corrected chi connectivity index (χ1v) is 8.27. The van der Waals surface area contributed by atoms with Gasteiger partial charge in [-0.15, -0.1) is 12.4 Å². The molecule has 0 bridgehead atoms. The number of hydrogen-bond donors (Lipinski definition) is 1. The molecule has 10 heteroatoms. The van der Waals surface area contributed by atoms with Crippen LogP contribution < -0.4 is 5.73 Å². The molecule has 7 nitrogen and oxygen atoms in total. The fraction of sp³-hybridized carbons (Fsp3) is 0.455. The molecule has 1 aromatic carbocycles. The van der Waals surface area contributed by atoms with Crippen LogP contribution in [0.1, 0.15) is 12.8 Å². The van der Waals surface area contributed by atoms with E-state index in [1.807, 2.05) is 0 Å². The summed E-state index contributed by atoms with van der Waals surface area (Å²) in [5, 5.41) is 11.1. The van der Waals surface area contributed by atoms with Gasteiger partial charge in [0, 0.05) is 29.7 Å². The molecule has 1 atom stereocenters. The summed E-state index contributed by atoms with van der Waals surface area (Å²) < 4.78 is 26.9. The maximum absolute atomic E-state index is 12.6. The van der Waals surface area contributed by atoms with E-state index in [4.69, 9.17) is 5.73 Å². The minimum atomic E-state index is -3.90. The van der Waals surface area contributed by atoms with Crippen molar-refractivity contribution in [3.8, 4) is 0 Å². The van der Waals surface area contributed by atoms with Crippen molar-refractivity contribution in [1.29, 1.82) is 0 Å². The third kappa shape index (κ3) is 3.54. The molecule has 1 saturated heterocycles. The van der Waals surface area contributed by atoms with Gasteiger partial charge in [0.15, 0.2) is 4.90 Å². The number of benzene rings is 1. The molecular weight excluding hydrogens is 386 g/mol. The van der Waals surface area contributed by atoms with Crippen molar-refractivity contribution in [3.05, 3.63) is 32.8 Å². The highest BCUT2D eigenvalue weighted by molar-refractivity contribution is 9.10. The van der Waals surface area contributed by atoms with Crippen LogP contribution >= 0.6 is 28.3 Å². The summed E-state index contributed by atoms with van der Waals surface area (Å²) in [6.45, 7) is 0.557. The van der Waals surface area contributed by atoms with Crippen molar-refractivity contribution in [1.82, 2.24) is 4.31 Å². The number of nitro groups is 1. The number of rotatable bonds is 4. The molecular formula is C11H15BrClN3O4S. The SMILES string of the molecule is Cl.NCC1CCCN1S(=O)(=O)c1ccc(Br)cc1[N+](=O)[O-]. The molecule has 1 heterocycles. The molecule has 2 rings (SSSR count). The van der Waals surface area contributed by atoms with Crippen molar-refractivity contribution in [2.24, 2.45) is 5.73 Å². The van der Waals surface area contributed by atoms with Gasteiger partial charge in [0.25, 0.3) is 5.69 Å². The zero-order valence-electron chi connectivity index (χ0n) is 10.9. The molecule has 0 spiro atoms. The van der Waals surface area contributed by atoms with E-state index in [2.05, 4.69) is 15.9 Å². The largest absolute Gasteiger partial charge is 0.329 e. The Bertz CT molecular complexity index is 640. The second-order valence-electron chi connectivity index (χ2n) is 4.52. The summed E-state index contributed by atoms with van der Waals surface area (Å²) in [5.74, 6) is 0. The van der Waals surface area contributed by atoms with Crippen LogP contribution in [0.4, 0.5) is 5.69 Å². The fourth-order valence-corrected chi connectivity index (χ4v) is 4.53. The first kappa shape index (κ1) is 18.3. The number of nitrogens with two attached hydrogens (primary N) is 1. The molecule has 2 N–H and O–H groups in total. The fourth-order valence-electron chi connectivity index (χ4n) is 2.34. The van der Waals surface area contributed by atoms with Gasteiger partial charge < -0.3 is 5.73 Å². The van der Waals surface area contributed by atoms with E-state index in [1.165, 1.54) is 22.5 Å². The molecule has 21 heavy (non-hydrogen) atoms. The lowest BCUT2D eigenvalue weighted by molar-refractivity contribution is -0.387. The van der Waals surface area contributed by atoms with Crippen LogP contribution in [-0.4, -0.2) is 36.8 Å². The zero-order chi connectivity index (χ0) is 14.9. The number of halogens is 2. The van der Waals surface area contributed by atoms with Crippen LogP contribution in [0.5, 0.6) is 0 Å². The Hall–Kier alpha value is -0.740. The lowest BCUT2D eigenvalue weighted by Gasteiger charge is -2.22. The normalized spacial score (nSPS) is 19.2. The second-order valence-corrected chi connectivity index (χ2v) is 7.29. The van der Waals surface area contributed by atoms with Crippen molar-refractivity contribution in [2.45, 2.75) is 23.8 Å². The lowest BCUT2D eigenvalue weighted by atomic mass is 10.2. The third-order valence-corrected chi connectivity index (χ3v) is 5.79. The van der Waals surface area contributed by atoms with Gasteiger partial charge >= 0.3 is 0 Å². The Morgan fingerprint density at radius 1 is 1.48 bits per heavy atom. The van der Waals surface area contributed by atoms with E-state index < -0.39 is 20.6 Å². The van der Waals surface area contributed by atoms with Crippen molar-refractivity contribution < 1.29 is 13.3 Å². The molecule has 1 unspecified atom stereocenters. The van der Waals surface area contributed by atoms with Gasteiger partial charge in [0.05, 0.1) is 4.92 Å². The Balaban J connectivity index is 0.00000220. The molecule has 1 aliphatic heterocycles. The molecule has 0 radical (unpaired) electrons. The van der Waals surface area contributed by atoms with Crippen LogP contribution in [0.2, 0.25) is 0 Å². The van der Waals surface area contributed by atoms with Crippen LogP contribution in [0, 0.1) is 10.1 Å². The third-order valence-electron chi connectivity index (χ3n) is 3.30. The Morgan fingerprint density at radius 3 is 2.71 bits per heavy atom. The molecule has 0 aliphatic carbocycles. The Morgan fingerprint density at radius 2 is 2.14 bits per heavy atom. The van der Waals surface area contributed by atoms with Gasteiger partial charge in [-0.2, -0.15) is 4.31 Å². The summed E-state index contributed by atoms with van der Waals surface area (Å²) in [5.41, 5.74) is 5.14. The average molecular weight is 401 g/mol. The number of hydrogen-bond acceptors (Lipinski definition) is 5. The van der Waals surface area contributed by atoms with E-state index in [0.717, 1.165) is 0 Å². The van der Waals surface area contributed by atoms with Gasteiger partial charge in [0.1, 0.15) is 0 Å². The van der Waals surface area contributed by atoms with Gasteiger partial charge in [-0.25, -0.2) is 8.42 Å². The Kier molecular flexibility index (Phi) is 6.11. The summed E-state index contributed by atoms with van der Waals surface area (Å²) >= 11 is 3.11. The predicted octanol–water partition coefficient (Wildman–Crippen LogP) is 1.89. The van der Waals surface area contributed by atoms with E-state index in [0.29, 0.717) is 23.9 Å². The molecule has 0 aromatic heterocycles. The van der Waals surface area contributed by atoms with Crippen molar-refractivity contribution >= 4 is 44.0 Å². The Labute approximate surface area is 137 Å². The number of nitrogens with zero attached hydrogens (tertiary/aromatic N) is 2. The highest BCUT2D eigenvalue weighted by Crippen LogP contribution is 2.32. The molecule has 1 aliphatic rings. The highest BCUT2D eigenvalue weighted by Gasteiger charge is 2.38. The minimum Gasteiger partial charge on any atom is -0.329 e. The summed E-state index contributed by atoms with van der Waals surface area (Å²) in [7, 11) is -3.90. The number of nitro benzene ring substituents is 1. The minimum absolute atomic E-state index is 0. The summed E-state index contributed by atoms with van der Waals surface area (Å²) in [6.07, 6.45) is 1.39. The molecule has 0 saturated carbocycles. The first-order valence-electron chi connectivity index (χ1n) is 6.03.